The highest BCUT2D eigenvalue weighted by atomic mass is 16.1. The maximum Gasteiger partial charge on any atom is 0.209 e. The van der Waals surface area contributed by atoms with E-state index in [2.05, 4.69) is 11.0 Å². The van der Waals surface area contributed by atoms with Gasteiger partial charge in [-0.3, -0.25) is 4.79 Å². The Morgan fingerprint density at radius 2 is 1.83 bits per heavy atom. The number of benzene rings is 1. The highest BCUT2D eigenvalue weighted by molar-refractivity contribution is 5.66. The number of nitrogens with zero attached hydrogens (tertiary/aromatic N) is 3. The first kappa shape index (κ1) is 12.2. The predicted octanol–water partition coefficient (Wildman–Crippen LogP) is 1.33. The van der Waals surface area contributed by atoms with E-state index in [1.807, 2.05) is 30.3 Å². The third kappa shape index (κ3) is 2.69. The van der Waals surface area contributed by atoms with E-state index in [0.717, 1.165) is 30.8 Å². The van der Waals surface area contributed by atoms with Gasteiger partial charge in [-0.05, 0) is 5.56 Å². The van der Waals surface area contributed by atoms with Crippen LogP contribution in [0, 0.1) is 11.3 Å². The molecule has 2 rings (SSSR count). The Bertz CT molecular complexity index is 468. The molecule has 1 fully saturated rings. The van der Waals surface area contributed by atoms with Gasteiger partial charge in [-0.25, -0.2) is 0 Å². The average Bonchev–Trinajstić information content (AvgIpc) is 2.46. The summed E-state index contributed by atoms with van der Waals surface area (Å²) in [7, 11) is 0. The van der Waals surface area contributed by atoms with Crippen LogP contribution in [0.1, 0.15) is 5.56 Å². The number of amides is 1. The van der Waals surface area contributed by atoms with Gasteiger partial charge < -0.3 is 9.80 Å². The number of carbonyl (C=O) groups is 1. The molecule has 1 aromatic carbocycles. The van der Waals surface area contributed by atoms with Gasteiger partial charge in [0.1, 0.15) is 0 Å². The lowest BCUT2D eigenvalue weighted by atomic mass is 10.1. The molecule has 1 aromatic rings. The molecule has 1 heterocycles. The first-order valence-electron chi connectivity index (χ1n) is 5.94. The Kier molecular flexibility index (Phi) is 3.98. The molecule has 0 atom stereocenters. The van der Waals surface area contributed by atoms with Crippen molar-refractivity contribution in [3.05, 3.63) is 42.0 Å². The van der Waals surface area contributed by atoms with Crippen LogP contribution in [0.5, 0.6) is 0 Å². The molecule has 4 heteroatoms. The molecule has 0 radical (unpaired) electrons. The molecule has 0 saturated carbocycles. The number of hydrogen-bond acceptors (Lipinski definition) is 3. The van der Waals surface area contributed by atoms with Gasteiger partial charge in [-0.1, -0.05) is 30.3 Å². The van der Waals surface area contributed by atoms with Gasteiger partial charge in [0.2, 0.25) is 6.41 Å². The van der Waals surface area contributed by atoms with Gasteiger partial charge in [0.05, 0.1) is 11.8 Å². The van der Waals surface area contributed by atoms with E-state index in [4.69, 9.17) is 5.26 Å². The Balaban J connectivity index is 2.16. The zero-order valence-corrected chi connectivity index (χ0v) is 10.1. The van der Waals surface area contributed by atoms with E-state index >= 15 is 0 Å². The van der Waals surface area contributed by atoms with Gasteiger partial charge in [-0.15, -0.1) is 0 Å². The van der Waals surface area contributed by atoms with E-state index in [0.29, 0.717) is 13.1 Å². The minimum atomic E-state index is 0.707. The summed E-state index contributed by atoms with van der Waals surface area (Å²) < 4.78 is 0. The molecule has 1 amide bonds. The van der Waals surface area contributed by atoms with Crippen molar-refractivity contribution in [2.24, 2.45) is 0 Å². The van der Waals surface area contributed by atoms with E-state index in [1.165, 1.54) is 0 Å². The second kappa shape index (κ2) is 5.87. The van der Waals surface area contributed by atoms with Crippen molar-refractivity contribution in [1.82, 2.24) is 9.80 Å². The quantitative estimate of drug-likeness (QED) is 0.592. The predicted molar refractivity (Wildman–Crippen MR) is 69.2 cm³/mol. The minimum Gasteiger partial charge on any atom is -0.367 e. The second-order valence-corrected chi connectivity index (χ2v) is 4.15. The zero-order valence-electron chi connectivity index (χ0n) is 10.1. The van der Waals surface area contributed by atoms with Crippen LogP contribution in [0.4, 0.5) is 0 Å². The van der Waals surface area contributed by atoms with Gasteiger partial charge in [0.25, 0.3) is 0 Å². The van der Waals surface area contributed by atoms with Crippen molar-refractivity contribution in [3.8, 4) is 6.07 Å². The molecular weight excluding hydrogens is 226 g/mol. The number of allylic oxidation sites excluding steroid dienone is 1. The topological polar surface area (TPSA) is 47.3 Å². The first-order chi connectivity index (χ1) is 8.85. The largest absolute Gasteiger partial charge is 0.367 e. The SMILES string of the molecule is N#C/C=C(\c1ccccc1)N1CCN(C=O)CC1. The summed E-state index contributed by atoms with van der Waals surface area (Å²) in [6.07, 6.45) is 2.46. The van der Waals surface area contributed by atoms with Crippen molar-refractivity contribution in [2.45, 2.75) is 0 Å². The van der Waals surface area contributed by atoms with Crippen molar-refractivity contribution >= 4 is 12.1 Å². The Labute approximate surface area is 107 Å². The van der Waals surface area contributed by atoms with E-state index in [9.17, 15) is 4.79 Å². The number of carbonyl (C=O) groups excluding carboxylic acids is 1. The maximum atomic E-state index is 10.7. The number of nitriles is 1. The van der Waals surface area contributed by atoms with Gasteiger partial charge in [0.15, 0.2) is 0 Å². The van der Waals surface area contributed by atoms with Crippen LogP contribution >= 0.6 is 0 Å². The molecule has 0 aromatic heterocycles. The van der Waals surface area contributed by atoms with Crippen LogP contribution in [-0.4, -0.2) is 42.4 Å². The minimum absolute atomic E-state index is 0.707. The van der Waals surface area contributed by atoms with Crippen LogP contribution < -0.4 is 0 Å². The standard InChI is InChI=1S/C14H15N3O/c15-7-6-14(13-4-2-1-3-5-13)17-10-8-16(12-18)9-11-17/h1-6,12H,8-11H2/b14-6+. The summed E-state index contributed by atoms with van der Waals surface area (Å²) in [6, 6.07) is 12.0. The van der Waals surface area contributed by atoms with Crippen LogP contribution in [0.2, 0.25) is 0 Å². The molecule has 92 valence electrons. The lowest BCUT2D eigenvalue weighted by Crippen LogP contribution is -2.44. The Hall–Kier alpha value is -2.28. The van der Waals surface area contributed by atoms with Crippen LogP contribution in [0.25, 0.3) is 5.70 Å². The highest BCUT2D eigenvalue weighted by Crippen LogP contribution is 2.20. The molecule has 0 aliphatic carbocycles. The van der Waals surface area contributed by atoms with Crippen molar-refractivity contribution in [1.29, 1.82) is 5.26 Å². The molecule has 1 aliphatic heterocycles. The third-order valence-corrected chi connectivity index (χ3v) is 3.07. The molecule has 18 heavy (non-hydrogen) atoms. The fourth-order valence-electron chi connectivity index (χ4n) is 2.10. The maximum absolute atomic E-state index is 10.7. The number of hydrogen-bond donors (Lipinski definition) is 0. The lowest BCUT2D eigenvalue weighted by Gasteiger charge is -2.35. The van der Waals surface area contributed by atoms with Crippen LogP contribution in [0.3, 0.4) is 0 Å². The molecule has 0 N–H and O–H groups in total. The summed E-state index contributed by atoms with van der Waals surface area (Å²) in [5.74, 6) is 0. The summed E-state index contributed by atoms with van der Waals surface area (Å²) in [4.78, 5) is 14.6. The van der Waals surface area contributed by atoms with Crippen molar-refractivity contribution < 1.29 is 4.79 Å². The molecule has 0 bridgehead atoms. The monoisotopic (exact) mass is 241 g/mol. The van der Waals surface area contributed by atoms with E-state index < -0.39 is 0 Å². The zero-order chi connectivity index (χ0) is 12.8. The van der Waals surface area contributed by atoms with Gasteiger partial charge in [-0.2, -0.15) is 5.26 Å². The molecule has 0 spiro atoms. The normalized spacial score (nSPS) is 16.3. The third-order valence-electron chi connectivity index (χ3n) is 3.07. The number of piperazine rings is 1. The number of rotatable bonds is 3. The van der Waals surface area contributed by atoms with Crippen LogP contribution in [0.15, 0.2) is 36.4 Å². The average molecular weight is 241 g/mol. The lowest BCUT2D eigenvalue weighted by molar-refractivity contribution is -0.119. The van der Waals surface area contributed by atoms with Crippen LogP contribution in [-0.2, 0) is 4.79 Å². The molecule has 1 aliphatic rings. The second-order valence-electron chi connectivity index (χ2n) is 4.15. The van der Waals surface area contributed by atoms with Gasteiger partial charge >= 0.3 is 0 Å². The van der Waals surface area contributed by atoms with Gasteiger partial charge in [0, 0.05) is 32.3 Å². The fraction of sp³-hybridized carbons (Fsp3) is 0.286. The molecule has 1 saturated heterocycles. The summed E-state index contributed by atoms with van der Waals surface area (Å²) in [5, 5.41) is 8.91. The van der Waals surface area contributed by atoms with Crippen molar-refractivity contribution in [3.63, 3.8) is 0 Å². The van der Waals surface area contributed by atoms with Crippen molar-refractivity contribution in [2.75, 3.05) is 26.2 Å². The smallest absolute Gasteiger partial charge is 0.209 e. The molecule has 4 nitrogen and oxygen atoms in total. The summed E-state index contributed by atoms with van der Waals surface area (Å²) >= 11 is 0. The van der Waals surface area contributed by atoms with E-state index in [-0.39, 0.29) is 0 Å². The fourth-order valence-corrected chi connectivity index (χ4v) is 2.10. The Morgan fingerprint density at radius 1 is 1.17 bits per heavy atom. The Morgan fingerprint density at radius 3 is 2.39 bits per heavy atom. The summed E-state index contributed by atoms with van der Waals surface area (Å²) in [6.45, 7) is 2.94. The summed E-state index contributed by atoms with van der Waals surface area (Å²) in [5.41, 5.74) is 1.97. The molecule has 0 unspecified atom stereocenters. The van der Waals surface area contributed by atoms with E-state index in [1.54, 1.807) is 11.0 Å². The first-order valence-corrected chi connectivity index (χ1v) is 5.94. The highest BCUT2D eigenvalue weighted by Gasteiger charge is 2.18. The molecular formula is C14H15N3O.